The van der Waals surface area contributed by atoms with Gasteiger partial charge in [0.15, 0.2) is 5.65 Å². The largest absolute Gasteiger partial charge is 0.341 e. The van der Waals surface area contributed by atoms with Gasteiger partial charge >= 0.3 is 0 Å². The second-order valence-corrected chi connectivity index (χ2v) is 4.50. The summed E-state index contributed by atoms with van der Waals surface area (Å²) in [6.45, 7) is 1.80. The minimum Gasteiger partial charge on any atom is -0.341 e. The molecule has 2 aromatic rings. The Morgan fingerprint density at radius 1 is 1.50 bits per heavy atom. The molecule has 0 bridgehead atoms. The Hall–Kier alpha value is -1.14. The highest BCUT2D eigenvalue weighted by Gasteiger charge is 2.07. The molecule has 0 saturated carbocycles. The molecule has 86 valence electrons. The molecule has 0 aromatic carbocycles. The van der Waals surface area contributed by atoms with Crippen molar-refractivity contribution < 1.29 is 0 Å². The maximum atomic E-state index is 4.44. The summed E-state index contributed by atoms with van der Waals surface area (Å²) >= 11 is 3.41. The predicted molar refractivity (Wildman–Crippen MR) is 67.9 cm³/mol. The summed E-state index contributed by atoms with van der Waals surface area (Å²) < 4.78 is 2.77. The fourth-order valence-corrected chi connectivity index (χ4v) is 1.71. The average Bonchev–Trinajstić information content (AvgIpc) is 2.68. The number of nitrogens with zero attached hydrogens (tertiary/aromatic N) is 4. The maximum Gasteiger partial charge on any atom is 0.245 e. The monoisotopic (exact) mass is 283 g/mol. The van der Waals surface area contributed by atoms with Crippen LogP contribution >= 0.6 is 15.9 Å². The molecule has 0 radical (unpaired) electrons. The third kappa shape index (κ3) is 2.33. The number of nitrogens with one attached hydrogen (secondary N) is 1. The molecule has 0 saturated heterocycles. The highest BCUT2D eigenvalue weighted by Crippen LogP contribution is 2.13. The molecule has 0 unspecified atom stereocenters. The van der Waals surface area contributed by atoms with Crippen LogP contribution in [-0.2, 0) is 0 Å². The first-order valence-corrected chi connectivity index (χ1v) is 5.87. The van der Waals surface area contributed by atoms with Gasteiger partial charge < -0.3 is 10.2 Å². The number of hydrogen-bond acceptors (Lipinski definition) is 4. The van der Waals surface area contributed by atoms with E-state index in [4.69, 9.17) is 0 Å². The van der Waals surface area contributed by atoms with Gasteiger partial charge in [-0.3, -0.25) is 0 Å². The average molecular weight is 284 g/mol. The van der Waals surface area contributed by atoms with Crippen LogP contribution in [0.5, 0.6) is 0 Å². The highest BCUT2D eigenvalue weighted by molar-refractivity contribution is 9.10. The van der Waals surface area contributed by atoms with Crippen LogP contribution in [0.15, 0.2) is 22.8 Å². The molecule has 0 aliphatic rings. The third-order valence-electron chi connectivity index (χ3n) is 2.32. The molecule has 5 nitrogen and oxygen atoms in total. The molecular weight excluding hydrogens is 270 g/mol. The minimum atomic E-state index is 0.744. The van der Waals surface area contributed by atoms with Gasteiger partial charge in [-0.15, -0.1) is 5.10 Å². The van der Waals surface area contributed by atoms with Crippen LogP contribution in [0.3, 0.4) is 0 Å². The van der Waals surface area contributed by atoms with E-state index in [1.165, 1.54) is 0 Å². The summed E-state index contributed by atoms with van der Waals surface area (Å²) in [5.74, 6) is 0.744. The first kappa shape index (κ1) is 11.3. The number of rotatable bonds is 4. The molecular formula is C10H14BrN5. The van der Waals surface area contributed by atoms with E-state index in [2.05, 4.69) is 31.3 Å². The standard InChI is InChI=1S/C10H14BrN5/c1-12-5-6-15(2)10-13-9-4-3-8(11)7-16(9)14-10/h3-4,7,12H,5-6H2,1-2H3. The van der Waals surface area contributed by atoms with Gasteiger partial charge in [0.05, 0.1) is 0 Å². The van der Waals surface area contributed by atoms with E-state index in [9.17, 15) is 0 Å². The number of halogens is 1. The Bertz CT molecular complexity index is 481. The number of fused-ring (bicyclic) bond motifs is 1. The van der Waals surface area contributed by atoms with Gasteiger partial charge in [-0.1, -0.05) is 0 Å². The van der Waals surface area contributed by atoms with Crippen molar-refractivity contribution in [3.63, 3.8) is 0 Å². The second kappa shape index (κ2) is 4.80. The first-order chi connectivity index (χ1) is 7.70. The Morgan fingerprint density at radius 2 is 2.31 bits per heavy atom. The lowest BCUT2D eigenvalue weighted by molar-refractivity contribution is 0.751. The molecule has 16 heavy (non-hydrogen) atoms. The number of pyridine rings is 1. The molecule has 0 aliphatic heterocycles. The van der Waals surface area contributed by atoms with Gasteiger partial charge in [-0.05, 0) is 35.1 Å². The Balaban J connectivity index is 2.25. The summed E-state index contributed by atoms with van der Waals surface area (Å²) in [5.41, 5.74) is 0.856. The van der Waals surface area contributed by atoms with Gasteiger partial charge in [0.2, 0.25) is 5.95 Å². The third-order valence-corrected chi connectivity index (χ3v) is 2.79. The number of aromatic nitrogens is 3. The summed E-state index contributed by atoms with van der Waals surface area (Å²) in [6, 6.07) is 3.90. The SMILES string of the molecule is CNCCN(C)c1nc2ccc(Br)cn2n1. The number of hydrogen-bond donors (Lipinski definition) is 1. The van der Waals surface area contributed by atoms with E-state index in [-0.39, 0.29) is 0 Å². The lowest BCUT2D eigenvalue weighted by atomic mass is 10.5. The van der Waals surface area contributed by atoms with E-state index in [1.54, 1.807) is 4.52 Å². The molecule has 2 heterocycles. The predicted octanol–water partition coefficient (Wildman–Crippen LogP) is 1.15. The topological polar surface area (TPSA) is 45.5 Å². The van der Waals surface area contributed by atoms with Gasteiger partial charge in [0.1, 0.15) is 0 Å². The quantitative estimate of drug-likeness (QED) is 0.914. The van der Waals surface area contributed by atoms with Gasteiger partial charge in [-0.25, -0.2) is 4.52 Å². The normalized spacial score (nSPS) is 10.9. The van der Waals surface area contributed by atoms with Gasteiger partial charge in [0.25, 0.3) is 0 Å². The van der Waals surface area contributed by atoms with Crippen LogP contribution in [-0.4, -0.2) is 41.8 Å². The highest BCUT2D eigenvalue weighted by atomic mass is 79.9. The molecule has 0 atom stereocenters. The van der Waals surface area contributed by atoms with Gasteiger partial charge in [-0.2, -0.15) is 4.98 Å². The van der Waals surface area contributed by atoms with E-state index in [0.717, 1.165) is 29.2 Å². The van der Waals surface area contributed by atoms with Crippen molar-refractivity contribution in [2.24, 2.45) is 0 Å². The lowest BCUT2D eigenvalue weighted by Gasteiger charge is -2.13. The summed E-state index contributed by atoms with van der Waals surface area (Å²) in [6.07, 6.45) is 1.90. The first-order valence-electron chi connectivity index (χ1n) is 5.08. The van der Waals surface area contributed by atoms with Crippen molar-refractivity contribution in [3.05, 3.63) is 22.8 Å². The minimum absolute atomic E-state index is 0.744. The zero-order chi connectivity index (χ0) is 11.5. The molecule has 2 rings (SSSR count). The lowest BCUT2D eigenvalue weighted by Crippen LogP contribution is -2.27. The molecule has 0 aliphatic carbocycles. The van der Waals surface area contributed by atoms with Crippen molar-refractivity contribution in [2.45, 2.75) is 0 Å². The van der Waals surface area contributed by atoms with E-state index in [1.807, 2.05) is 37.3 Å². The second-order valence-electron chi connectivity index (χ2n) is 3.59. The maximum absolute atomic E-state index is 4.44. The Labute approximate surface area is 103 Å². The molecule has 6 heteroatoms. The summed E-state index contributed by atoms with van der Waals surface area (Å²) in [7, 11) is 3.92. The van der Waals surface area contributed by atoms with Crippen molar-refractivity contribution >= 4 is 27.5 Å². The fourth-order valence-electron chi connectivity index (χ4n) is 1.39. The Kier molecular flexibility index (Phi) is 3.40. The number of anilines is 1. The van der Waals surface area contributed by atoms with Crippen molar-refractivity contribution in [1.29, 1.82) is 0 Å². The van der Waals surface area contributed by atoms with Crippen LogP contribution in [0.25, 0.3) is 5.65 Å². The van der Waals surface area contributed by atoms with E-state index in [0.29, 0.717) is 0 Å². The van der Waals surface area contributed by atoms with E-state index < -0.39 is 0 Å². The molecule has 0 fully saturated rings. The number of likely N-dealkylation sites (N-methyl/N-ethyl adjacent to an activating group) is 2. The summed E-state index contributed by atoms with van der Waals surface area (Å²) in [4.78, 5) is 6.46. The van der Waals surface area contributed by atoms with Crippen molar-refractivity contribution in [2.75, 3.05) is 32.1 Å². The van der Waals surface area contributed by atoms with E-state index >= 15 is 0 Å². The Morgan fingerprint density at radius 3 is 3.06 bits per heavy atom. The van der Waals surface area contributed by atoms with Crippen molar-refractivity contribution in [1.82, 2.24) is 19.9 Å². The molecule has 0 amide bonds. The zero-order valence-electron chi connectivity index (χ0n) is 9.31. The molecule has 2 aromatic heterocycles. The smallest absolute Gasteiger partial charge is 0.245 e. The van der Waals surface area contributed by atoms with Gasteiger partial charge in [0, 0.05) is 30.8 Å². The van der Waals surface area contributed by atoms with Crippen LogP contribution in [0.2, 0.25) is 0 Å². The van der Waals surface area contributed by atoms with Crippen molar-refractivity contribution in [3.8, 4) is 0 Å². The van der Waals surface area contributed by atoms with Crippen LogP contribution in [0.4, 0.5) is 5.95 Å². The zero-order valence-corrected chi connectivity index (χ0v) is 10.9. The summed E-state index contributed by atoms with van der Waals surface area (Å²) in [5, 5.41) is 7.50. The fraction of sp³-hybridized carbons (Fsp3) is 0.400. The molecule has 1 N–H and O–H groups in total. The van der Waals surface area contributed by atoms with Crippen LogP contribution in [0, 0.1) is 0 Å². The van der Waals surface area contributed by atoms with Crippen LogP contribution in [0.1, 0.15) is 0 Å². The molecule has 0 spiro atoms. The van der Waals surface area contributed by atoms with Crippen LogP contribution < -0.4 is 10.2 Å².